The van der Waals surface area contributed by atoms with Gasteiger partial charge < -0.3 is 9.64 Å². The van der Waals surface area contributed by atoms with E-state index in [1.54, 1.807) is 7.11 Å². The van der Waals surface area contributed by atoms with Gasteiger partial charge in [-0.05, 0) is 25.3 Å². The summed E-state index contributed by atoms with van der Waals surface area (Å²) in [6, 6.07) is 3.98. The number of hydrogen-bond acceptors (Lipinski definition) is 3. The highest BCUT2D eigenvalue weighted by atomic mass is 16.5. The third kappa shape index (κ3) is 1.67. The molecule has 1 aliphatic heterocycles. The van der Waals surface area contributed by atoms with E-state index in [2.05, 4.69) is 22.9 Å². The third-order valence-corrected chi connectivity index (χ3v) is 2.66. The minimum absolute atomic E-state index is 0.706. The van der Waals surface area contributed by atoms with Gasteiger partial charge in [0.25, 0.3) is 0 Å². The van der Waals surface area contributed by atoms with Crippen LogP contribution in [0.3, 0.4) is 0 Å². The van der Waals surface area contributed by atoms with Crippen molar-refractivity contribution >= 4 is 5.82 Å². The van der Waals surface area contributed by atoms with Crippen LogP contribution in [0.15, 0.2) is 12.1 Å². The molecule has 1 saturated heterocycles. The predicted octanol–water partition coefficient (Wildman–Crippen LogP) is 2.00. The van der Waals surface area contributed by atoms with Crippen molar-refractivity contribution in [1.82, 2.24) is 4.98 Å². The molecule has 0 saturated carbocycles. The van der Waals surface area contributed by atoms with Crippen molar-refractivity contribution in [3.63, 3.8) is 0 Å². The van der Waals surface area contributed by atoms with Crippen LogP contribution in [0.4, 0.5) is 5.82 Å². The van der Waals surface area contributed by atoms with Crippen molar-refractivity contribution in [2.24, 2.45) is 0 Å². The number of ether oxygens (including phenoxy) is 1. The lowest BCUT2D eigenvalue weighted by atomic mass is 10.2. The Morgan fingerprint density at radius 3 is 2.64 bits per heavy atom. The first kappa shape index (κ1) is 9.31. The summed E-state index contributed by atoms with van der Waals surface area (Å²) in [5, 5.41) is 0. The molecule has 1 aromatic heterocycles. The Morgan fingerprint density at radius 2 is 2.00 bits per heavy atom. The molecule has 14 heavy (non-hydrogen) atoms. The number of rotatable bonds is 2. The maximum Gasteiger partial charge on any atom is 0.214 e. The van der Waals surface area contributed by atoms with E-state index >= 15 is 0 Å². The monoisotopic (exact) mass is 192 g/mol. The van der Waals surface area contributed by atoms with Crippen molar-refractivity contribution in [2.45, 2.75) is 19.8 Å². The minimum atomic E-state index is 0.706. The molecular formula is C11H16N2O. The summed E-state index contributed by atoms with van der Waals surface area (Å²) in [7, 11) is 1.66. The fourth-order valence-corrected chi connectivity index (χ4v) is 1.86. The topological polar surface area (TPSA) is 25.4 Å². The molecular weight excluding hydrogens is 176 g/mol. The average molecular weight is 192 g/mol. The van der Waals surface area contributed by atoms with Crippen molar-refractivity contribution < 1.29 is 4.74 Å². The number of nitrogens with zero attached hydrogens (tertiary/aromatic N) is 2. The van der Waals surface area contributed by atoms with Crippen LogP contribution in [0, 0.1) is 6.92 Å². The molecule has 76 valence electrons. The molecule has 0 aliphatic carbocycles. The van der Waals surface area contributed by atoms with Crippen LogP contribution >= 0.6 is 0 Å². The summed E-state index contributed by atoms with van der Waals surface area (Å²) in [6.45, 7) is 4.35. The molecule has 1 aliphatic rings. The summed E-state index contributed by atoms with van der Waals surface area (Å²) in [5.41, 5.74) is 1.23. The lowest BCUT2D eigenvalue weighted by molar-refractivity contribution is 0.398. The highest BCUT2D eigenvalue weighted by Gasteiger charge is 2.15. The molecule has 0 bridgehead atoms. The second kappa shape index (κ2) is 3.86. The van der Waals surface area contributed by atoms with Gasteiger partial charge in [-0.15, -0.1) is 0 Å². The van der Waals surface area contributed by atoms with Crippen LogP contribution in [0.2, 0.25) is 0 Å². The Hall–Kier alpha value is -1.25. The first-order chi connectivity index (χ1) is 6.81. The van der Waals surface area contributed by atoms with Gasteiger partial charge in [0.15, 0.2) is 0 Å². The smallest absolute Gasteiger partial charge is 0.214 e. The molecule has 3 heteroatoms. The highest BCUT2D eigenvalue weighted by molar-refractivity contribution is 5.48. The summed E-state index contributed by atoms with van der Waals surface area (Å²) < 4.78 is 5.13. The summed E-state index contributed by atoms with van der Waals surface area (Å²) in [6.07, 6.45) is 2.55. The number of aromatic nitrogens is 1. The average Bonchev–Trinajstić information content (AvgIpc) is 2.71. The fraction of sp³-hybridized carbons (Fsp3) is 0.545. The van der Waals surface area contributed by atoms with E-state index in [4.69, 9.17) is 4.74 Å². The highest BCUT2D eigenvalue weighted by Crippen LogP contribution is 2.24. The van der Waals surface area contributed by atoms with Crippen molar-refractivity contribution in [3.8, 4) is 5.88 Å². The molecule has 2 heterocycles. The molecule has 0 atom stereocenters. The van der Waals surface area contributed by atoms with E-state index in [0.717, 1.165) is 18.9 Å². The number of aryl methyl sites for hydroxylation is 1. The molecule has 0 N–H and O–H groups in total. The lowest BCUT2D eigenvalue weighted by Crippen LogP contribution is -2.20. The van der Waals surface area contributed by atoms with Gasteiger partial charge >= 0.3 is 0 Å². The molecule has 2 rings (SSSR count). The van der Waals surface area contributed by atoms with Gasteiger partial charge in [-0.2, -0.15) is 4.98 Å². The van der Waals surface area contributed by atoms with Crippen molar-refractivity contribution in [2.75, 3.05) is 25.1 Å². The molecule has 0 amide bonds. The van der Waals surface area contributed by atoms with Crippen LogP contribution in [0.5, 0.6) is 5.88 Å². The van der Waals surface area contributed by atoms with Crippen LogP contribution in [0.25, 0.3) is 0 Å². The number of anilines is 1. The van der Waals surface area contributed by atoms with Crippen LogP contribution in [-0.2, 0) is 0 Å². The number of methoxy groups -OCH3 is 1. The predicted molar refractivity (Wildman–Crippen MR) is 57.0 cm³/mol. The molecule has 0 spiro atoms. The maximum atomic E-state index is 5.13. The van der Waals surface area contributed by atoms with E-state index in [0.29, 0.717) is 5.88 Å². The van der Waals surface area contributed by atoms with Gasteiger partial charge in [0.05, 0.1) is 7.11 Å². The Bertz CT molecular complexity index is 319. The summed E-state index contributed by atoms with van der Waals surface area (Å²) >= 11 is 0. The van der Waals surface area contributed by atoms with E-state index in [-0.39, 0.29) is 0 Å². The molecule has 0 radical (unpaired) electrons. The van der Waals surface area contributed by atoms with E-state index in [9.17, 15) is 0 Å². The zero-order valence-electron chi connectivity index (χ0n) is 8.79. The molecule has 1 aromatic rings. The number of pyridine rings is 1. The van der Waals surface area contributed by atoms with E-state index in [1.165, 1.54) is 18.4 Å². The molecule has 0 unspecified atom stereocenters. The van der Waals surface area contributed by atoms with Gasteiger partial charge in [0.2, 0.25) is 5.88 Å². The normalized spacial score (nSPS) is 16.0. The first-order valence-corrected chi connectivity index (χ1v) is 5.08. The molecule has 3 nitrogen and oxygen atoms in total. The number of hydrogen-bond donors (Lipinski definition) is 0. The zero-order valence-corrected chi connectivity index (χ0v) is 8.79. The Balaban J connectivity index is 2.29. The Kier molecular flexibility index (Phi) is 2.57. The standard InChI is InChI=1S/C11H16N2O/c1-9-5-6-10(14-2)12-11(9)13-7-3-4-8-13/h5-6H,3-4,7-8H2,1-2H3. The van der Waals surface area contributed by atoms with Crippen LogP contribution in [0.1, 0.15) is 18.4 Å². The first-order valence-electron chi connectivity index (χ1n) is 5.08. The maximum absolute atomic E-state index is 5.13. The van der Waals surface area contributed by atoms with Crippen molar-refractivity contribution in [3.05, 3.63) is 17.7 Å². The minimum Gasteiger partial charge on any atom is -0.481 e. The third-order valence-electron chi connectivity index (χ3n) is 2.66. The van der Waals surface area contributed by atoms with Gasteiger partial charge in [-0.1, -0.05) is 6.07 Å². The zero-order chi connectivity index (χ0) is 9.97. The largest absolute Gasteiger partial charge is 0.481 e. The van der Waals surface area contributed by atoms with Crippen molar-refractivity contribution in [1.29, 1.82) is 0 Å². The van der Waals surface area contributed by atoms with E-state index in [1.807, 2.05) is 6.07 Å². The fourth-order valence-electron chi connectivity index (χ4n) is 1.86. The van der Waals surface area contributed by atoms with Crippen LogP contribution < -0.4 is 9.64 Å². The molecule has 0 aromatic carbocycles. The second-order valence-corrected chi connectivity index (χ2v) is 3.69. The van der Waals surface area contributed by atoms with Crippen LogP contribution in [-0.4, -0.2) is 25.2 Å². The summed E-state index contributed by atoms with van der Waals surface area (Å²) in [5.74, 6) is 1.79. The van der Waals surface area contributed by atoms with E-state index < -0.39 is 0 Å². The second-order valence-electron chi connectivity index (χ2n) is 3.69. The Labute approximate surface area is 84.7 Å². The van der Waals surface area contributed by atoms with Gasteiger partial charge in [-0.25, -0.2) is 0 Å². The molecule has 1 fully saturated rings. The lowest BCUT2D eigenvalue weighted by Gasteiger charge is -2.18. The quantitative estimate of drug-likeness (QED) is 0.716. The SMILES string of the molecule is COc1ccc(C)c(N2CCCC2)n1. The van der Waals surface area contributed by atoms with Gasteiger partial charge in [-0.3, -0.25) is 0 Å². The Morgan fingerprint density at radius 1 is 1.29 bits per heavy atom. The summed E-state index contributed by atoms with van der Waals surface area (Å²) in [4.78, 5) is 6.81. The van der Waals surface area contributed by atoms with Gasteiger partial charge in [0, 0.05) is 19.2 Å². The van der Waals surface area contributed by atoms with Gasteiger partial charge in [0.1, 0.15) is 5.82 Å².